The monoisotopic (exact) mass is 386 g/mol. The van der Waals surface area contributed by atoms with Crippen molar-refractivity contribution in [3.63, 3.8) is 0 Å². The lowest BCUT2D eigenvalue weighted by Gasteiger charge is -2.50. The Morgan fingerprint density at radius 3 is 2.93 bits per heavy atom. The highest BCUT2D eigenvalue weighted by Gasteiger charge is 2.54. The van der Waals surface area contributed by atoms with E-state index in [4.69, 9.17) is 4.74 Å². The highest BCUT2D eigenvalue weighted by Crippen LogP contribution is 2.60. The van der Waals surface area contributed by atoms with E-state index in [1.807, 2.05) is 13.1 Å². The second-order valence-corrected chi connectivity index (χ2v) is 9.31. The molecule has 5 heteroatoms. The van der Waals surface area contributed by atoms with E-state index in [1.165, 1.54) is 24.0 Å². The number of aryl methyl sites for hydroxylation is 1. The number of carbonyl (C=O) groups is 1. The Bertz CT molecular complexity index is 737. The lowest BCUT2D eigenvalue weighted by molar-refractivity contribution is -0.0226. The summed E-state index contributed by atoms with van der Waals surface area (Å²) in [5.74, 6) is 2.57. The number of fused-ring (bicyclic) bond motifs is 5. The summed E-state index contributed by atoms with van der Waals surface area (Å²) >= 11 is 0. The van der Waals surface area contributed by atoms with Crippen LogP contribution < -0.4 is 10.1 Å². The van der Waals surface area contributed by atoms with Gasteiger partial charge in [-0.1, -0.05) is 13.0 Å². The molecule has 28 heavy (non-hydrogen) atoms. The van der Waals surface area contributed by atoms with Crippen molar-refractivity contribution < 1.29 is 14.6 Å². The van der Waals surface area contributed by atoms with Gasteiger partial charge in [0.15, 0.2) is 0 Å². The molecule has 4 rings (SSSR count). The molecule has 5 unspecified atom stereocenters. The van der Waals surface area contributed by atoms with Crippen molar-refractivity contribution in [2.75, 3.05) is 27.2 Å². The van der Waals surface area contributed by atoms with Gasteiger partial charge >= 0.3 is 6.09 Å². The number of carbonyl (C=O) groups excluding carboxylic acids is 1. The number of aliphatic hydroxyl groups excluding tert-OH is 1. The van der Waals surface area contributed by atoms with E-state index in [-0.39, 0.29) is 17.6 Å². The van der Waals surface area contributed by atoms with Crippen LogP contribution in [0.4, 0.5) is 4.79 Å². The Hall–Kier alpha value is -1.59. The Kier molecular flexibility index (Phi) is 5.41. The summed E-state index contributed by atoms with van der Waals surface area (Å²) < 4.78 is 5.60. The van der Waals surface area contributed by atoms with Crippen LogP contribution >= 0.6 is 0 Å². The normalized spacial score (nSPS) is 33.6. The van der Waals surface area contributed by atoms with Crippen LogP contribution in [0.2, 0.25) is 0 Å². The number of likely N-dealkylation sites (N-methyl/N-ethyl adjacent to an activating group) is 2. The number of aliphatic hydroxyl groups is 1. The van der Waals surface area contributed by atoms with E-state index in [0.29, 0.717) is 30.0 Å². The van der Waals surface area contributed by atoms with Crippen LogP contribution in [0, 0.1) is 17.3 Å². The molecule has 0 radical (unpaired) electrons. The van der Waals surface area contributed by atoms with Gasteiger partial charge in [-0.2, -0.15) is 0 Å². The van der Waals surface area contributed by atoms with Crippen LogP contribution in [0.25, 0.3) is 0 Å². The van der Waals surface area contributed by atoms with Gasteiger partial charge in [-0.3, -0.25) is 0 Å². The zero-order valence-electron chi connectivity index (χ0n) is 17.4. The van der Waals surface area contributed by atoms with Crippen LogP contribution in [0.5, 0.6) is 5.75 Å². The van der Waals surface area contributed by atoms with Crippen molar-refractivity contribution in [2.24, 2.45) is 17.3 Å². The number of hydrogen-bond donors (Lipinski definition) is 2. The van der Waals surface area contributed by atoms with E-state index in [0.717, 1.165) is 32.2 Å². The first-order chi connectivity index (χ1) is 13.4. The average molecular weight is 387 g/mol. The minimum Gasteiger partial charge on any atom is -0.410 e. The van der Waals surface area contributed by atoms with E-state index < -0.39 is 0 Å². The van der Waals surface area contributed by atoms with Gasteiger partial charge < -0.3 is 20.1 Å². The van der Waals surface area contributed by atoms with Crippen LogP contribution in [-0.4, -0.2) is 49.4 Å². The van der Waals surface area contributed by atoms with Gasteiger partial charge in [-0.15, -0.1) is 0 Å². The van der Waals surface area contributed by atoms with Crippen LogP contribution in [0.3, 0.4) is 0 Å². The van der Waals surface area contributed by atoms with Gasteiger partial charge in [-0.25, -0.2) is 4.79 Å². The molecule has 0 heterocycles. The molecule has 0 bridgehead atoms. The molecule has 1 amide bonds. The molecular formula is C23H34N2O3. The van der Waals surface area contributed by atoms with Crippen molar-refractivity contribution in [3.8, 4) is 5.75 Å². The van der Waals surface area contributed by atoms with E-state index >= 15 is 0 Å². The minimum atomic E-state index is -0.308. The average Bonchev–Trinajstić information content (AvgIpc) is 3.00. The van der Waals surface area contributed by atoms with Crippen molar-refractivity contribution in [2.45, 2.75) is 57.5 Å². The second kappa shape index (κ2) is 7.68. The first kappa shape index (κ1) is 19.7. The van der Waals surface area contributed by atoms with Gasteiger partial charge in [0.05, 0.1) is 6.10 Å². The first-order valence-electron chi connectivity index (χ1n) is 10.8. The van der Waals surface area contributed by atoms with Crippen molar-refractivity contribution >= 4 is 6.09 Å². The molecule has 5 atom stereocenters. The van der Waals surface area contributed by atoms with Gasteiger partial charge in [0.25, 0.3) is 0 Å². The molecule has 0 aromatic heterocycles. The molecule has 5 nitrogen and oxygen atoms in total. The summed E-state index contributed by atoms with van der Waals surface area (Å²) in [6, 6.07) is 6.23. The lowest BCUT2D eigenvalue weighted by atomic mass is 9.55. The van der Waals surface area contributed by atoms with E-state index in [2.05, 4.69) is 24.4 Å². The summed E-state index contributed by atoms with van der Waals surface area (Å²) in [5.41, 5.74) is 2.90. The molecule has 2 N–H and O–H groups in total. The van der Waals surface area contributed by atoms with Gasteiger partial charge in [0.1, 0.15) is 5.75 Å². The van der Waals surface area contributed by atoms with Crippen molar-refractivity contribution in [3.05, 3.63) is 29.3 Å². The largest absolute Gasteiger partial charge is 0.415 e. The molecule has 154 valence electrons. The smallest absolute Gasteiger partial charge is 0.410 e. The van der Waals surface area contributed by atoms with Crippen LogP contribution in [0.15, 0.2) is 18.2 Å². The zero-order chi connectivity index (χ0) is 19.9. The van der Waals surface area contributed by atoms with E-state index in [1.54, 1.807) is 11.9 Å². The van der Waals surface area contributed by atoms with Gasteiger partial charge in [-0.05, 0) is 92.0 Å². The number of nitrogens with one attached hydrogen (secondary N) is 1. The maximum atomic E-state index is 12.3. The van der Waals surface area contributed by atoms with E-state index in [9.17, 15) is 9.90 Å². The number of benzene rings is 1. The lowest BCUT2D eigenvalue weighted by Crippen LogP contribution is -2.43. The fourth-order valence-corrected chi connectivity index (χ4v) is 6.14. The highest BCUT2D eigenvalue weighted by atomic mass is 16.6. The number of hydrogen-bond acceptors (Lipinski definition) is 4. The van der Waals surface area contributed by atoms with Gasteiger partial charge in [0, 0.05) is 20.1 Å². The number of amides is 1. The summed E-state index contributed by atoms with van der Waals surface area (Å²) in [7, 11) is 3.63. The SMILES string of the molecule is CNCCN(C)C(=O)Oc1ccc2c(c1)CCC1C2CCC2(C)C(O)CCC12. The Balaban J connectivity index is 1.48. The molecule has 2 saturated carbocycles. The third kappa shape index (κ3) is 3.33. The molecular weight excluding hydrogens is 352 g/mol. The molecule has 3 aliphatic rings. The van der Waals surface area contributed by atoms with Crippen LogP contribution in [0.1, 0.15) is 56.1 Å². The third-order valence-corrected chi connectivity index (χ3v) is 7.86. The molecule has 2 fully saturated rings. The van der Waals surface area contributed by atoms with Crippen molar-refractivity contribution in [1.82, 2.24) is 10.2 Å². The molecule has 0 saturated heterocycles. The zero-order valence-corrected chi connectivity index (χ0v) is 17.4. The van der Waals surface area contributed by atoms with Crippen molar-refractivity contribution in [1.29, 1.82) is 0 Å². The van der Waals surface area contributed by atoms with Crippen LogP contribution in [-0.2, 0) is 6.42 Å². The quantitative estimate of drug-likeness (QED) is 0.831. The summed E-state index contributed by atoms with van der Waals surface area (Å²) in [6.45, 7) is 3.68. The maximum Gasteiger partial charge on any atom is 0.415 e. The maximum absolute atomic E-state index is 12.3. The number of nitrogens with zero attached hydrogens (tertiary/aromatic N) is 1. The molecule has 1 aromatic carbocycles. The molecule has 0 spiro atoms. The summed E-state index contributed by atoms with van der Waals surface area (Å²) in [4.78, 5) is 13.9. The standard InChI is InChI=1S/C23H34N2O3/c1-23-11-10-18-17-7-5-16(28-22(27)25(3)13-12-24-2)14-15(17)4-6-19(18)20(23)8-9-21(23)26/h5,7,14,18-21,24,26H,4,6,8-13H2,1-3H3. The summed E-state index contributed by atoms with van der Waals surface area (Å²) in [5, 5.41) is 13.6. The molecule has 1 aromatic rings. The Labute approximate surface area is 168 Å². The third-order valence-electron chi connectivity index (χ3n) is 7.86. The first-order valence-corrected chi connectivity index (χ1v) is 10.8. The fraction of sp³-hybridized carbons (Fsp3) is 0.696. The predicted molar refractivity (Wildman–Crippen MR) is 110 cm³/mol. The highest BCUT2D eigenvalue weighted by molar-refractivity contribution is 5.70. The number of ether oxygens (including phenoxy) is 1. The summed E-state index contributed by atoms with van der Waals surface area (Å²) in [6.07, 6.45) is 6.21. The topological polar surface area (TPSA) is 61.8 Å². The Morgan fingerprint density at radius 2 is 2.14 bits per heavy atom. The minimum absolute atomic E-state index is 0.117. The predicted octanol–water partition coefficient (Wildman–Crippen LogP) is 3.55. The number of rotatable bonds is 4. The molecule has 0 aliphatic heterocycles. The second-order valence-electron chi connectivity index (χ2n) is 9.31. The van der Waals surface area contributed by atoms with Gasteiger partial charge in [0.2, 0.25) is 0 Å². The fourth-order valence-electron chi connectivity index (χ4n) is 6.14. The molecule has 3 aliphatic carbocycles. The Morgan fingerprint density at radius 1 is 1.32 bits per heavy atom.